The summed E-state index contributed by atoms with van der Waals surface area (Å²) in [7, 11) is -3.54. The van der Waals surface area contributed by atoms with Gasteiger partial charge in [0.1, 0.15) is 4.21 Å². The minimum absolute atomic E-state index is 0.0654. The van der Waals surface area contributed by atoms with Crippen LogP contribution < -0.4 is 10.0 Å². The Balaban J connectivity index is 2.01. The molecule has 0 aliphatic heterocycles. The van der Waals surface area contributed by atoms with Crippen LogP contribution in [0.2, 0.25) is 0 Å². The van der Waals surface area contributed by atoms with Crippen molar-refractivity contribution in [3.8, 4) is 0 Å². The molecule has 23 heavy (non-hydrogen) atoms. The van der Waals surface area contributed by atoms with Gasteiger partial charge in [0, 0.05) is 11.2 Å². The number of hydrogen-bond acceptors (Lipinski definition) is 4. The largest absolute Gasteiger partial charge is 0.351 e. The van der Waals surface area contributed by atoms with Crippen molar-refractivity contribution in [2.75, 3.05) is 4.72 Å². The number of carbonyl (C=O) groups is 1. The number of benzene rings is 1. The van der Waals surface area contributed by atoms with Crippen molar-refractivity contribution in [1.29, 1.82) is 0 Å². The summed E-state index contributed by atoms with van der Waals surface area (Å²) in [4.78, 5) is 11.9. The lowest BCUT2D eigenvalue weighted by molar-refractivity contribution is -0.121. The number of carbonyl (C=O) groups excluding carboxylic acids is 1. The molecule has 0 aliphatic carbocycles. The van der Waals surface area contributed by atoms with Crippen LogP contribution in [-0.2, 0) is 21.2 Å². The third-order valence-corrected chi connectivity index (χ3v) is 5.62. The summed E-state index contributed by atoms with van der Waals surface area (Å²) in [5.41, 5.74) is 1.03. The quantitative estimate of drug-likeness (QED) is 0.868. The number of rotatable bonds is 5. The van der Waals surface area contributed by atoms with Crippen molar-refractivity contribution in [2.24, 2.45) is 0 Å². The van der Waals surface area contributed by atoms with Gasteiger partial charge in [0.15, 0.2) is 0 Å². The molecule has 2 rings (SSSR count). The monoisotopic (exact) mass is 352 g/mol. The molecule has 0 radical (unpaired) electrons. The van der Waals surface area contributed by atoms with E-state index in [9.17, 15) is 13.2 Å². The fourth-order valence-electron chi connectivity index (χ4n) is 1.96. The van der Waals surface area contributed by atoms with Crippen LogP contribution in [0.5, 0.6) is 0 Å². The van der Waals surface area contributed by atoms with Crippen LogP contribution in [0.15, 0.2) is 46.0 Å². The first-order chi connectivity index (χ1) is 10.7. The van der Waals surface area contributed by atoms with E-state index in [2.05, 4.69) is 10.0 Å². The Morgan fingerprint density at radius 2 is 1.78 bits per heavy atom. The second kappa shape index (κ2) is 6.72. The molecule has 0 unspecified atom stereocenters. The van der Waals surface area contributed by atoms with Gasteiger partial charge in [-0.1, -0.05) is 18.2 Å². The number of hydrogen-bond donors (Lipinski definition) is 2. The zero-order valence-corrected chi connectivity index (χ0v) is 14.9. The van der Waals surface area contributed by atoms with Gasteiger partial charge in [-0.25, -0.2) is 8.42 Å². The van der Waals surface area contributed by atoms with Crippen molar-refractivity contribution >= 4 is 33.0 Å². The molecule has 0 spiro atoms. The molecule has 2 aromatic rings. The predicted molar refractivity (Wildman–Crippen MR) is 93.2 cm³/mol. The van der Waals surface area contributed by atoms with Gasteiger partial charge < -0.3 is 5.32 Å². The maximum absolute atomic E-state index is 12.1. The Kier molecular flexibility index (Phi) is 5.11. The fraction of sp³-hybridized carbons (Fsp3) is 0.312. The first kappa shape index (κ1) is 17.5. The topological polar surface area (TPSA) is 75.3 Å². The molecule has 1 aromatic carbocycles. The number of anilines is 1. The van der Waals surface area contributed by atoms with Gasteiger partial charge >= 0.3 is 0 Å². The van der Waals surface area contributed by atoms with Gasteiger partial charge in [0.2, 0.25) is 5.91 Å². The molecule has 2 N–H and O–H groups in total. The summed E-state index contributed by atoms with van der Waals surface area (Å²) >= 11 is 1.16. The number of amides is 1. The van der Waals surface area contributed by atoms with E-state index in [1.165, 1.54) is 0 Å². The van der Waals surface area contributed by atoms with Crippen LogP contribution in [-0.4, -0.2) is 19.9 Å². The summed E-state index contributed by atoms with van der Waals surface area (Å²) in [6, 6.07) is 10.0. The van der Waals surface area contributed by atoms with Crippen LogP contribution in [0.3, 0.4) is 0 Å². The molecule has 0 saturated heterocycles. The molecule has 5 nitrogen and oxygen atoms in total. The van der Waals surface area contributed by atoms with Gasteiger partial charge in [-0.3, -0.25) is 9.52 Å². The molecule has 0 fully saturated rings. The van der Waals surface area contributed by atoms with Crippen molar-refractivity contribution in [3.63, 3.8) is 0 Å². The van der Waals surface area contributed by atoms with Crippen LogP contribution >= 0.6 is 11.3 Å². The van der Waals surface area contributed by atoms with Crippen molar-refractivity contribution in [3.05, 3.63) is 47.3 Å². The molecule has 0 bridgehead atoms. The Hall–Kier alpha value is -1.86. The highest BCUT2D eigenvalue weighted by Gasteiger charge is 2.16. The van der Waals surface area contributed by atoms with E-state index in [1.807, 2.05) is 20.8 Å². The predicted octanol–water partition coefficient (Wildman–Crippen LogP) is 3.01. The molecule has 0 aliphatic rings. The van der Waals surface area contributed by atoms with Gasteiger partial charge in [-0.05, 0) is 49.9 Å². The van der Waals surface area contributed by atoms with E-state index < -0.39 is 10.0 Å². The first-order valence-electron chi connectivity index (χ1n) is 7.12. The number of nitrogens with one attached hydrogen (secondary N) is 2. The molecule has 0 saturated carbocycles. The normalized spacial score (nSPS) is 12.0. The molecule has 124 valence electrons. The summed E-state index contributed by atoms with van der Waals surface area (Å²) in [5, 5.41) is 4.60. The van der Waals surface area contributed by atoms with E-state index in [1.54, 1.807) is 41.8 Å². The average Bonchev–Trinajstić information content (AvgIpc) is 2.93. The van der Waals surface area contributed by atoms with E-state index >= 15 is 0 Å². The van der Waals surface area contributed by atoms with Gasteiger partial charge in [-0.15, -0.1) is 11.3 Å². The maximum Gasteiger partial charge on any atom is 0.271 e. The minimum Gasteiger partial charge on any atom is -0.351 e. The van der Waals surface area contributed by atoms with Crippen LogP contribution in [0.25, 0.3) is 0 Å². The highest BCUT2D eigenvalue weighted by Crippen LogP contribution is 2.20. The smallest absolute Gasteiger partial charge is 0.271 e. The first-order valence-corrected chi connectivity index (χ1v) is 9.48. The third kappa shape index (κ3) is 5.37. The summed E-state index contributed by atoms with van der Waals surface area (Å²) in [6.45, 7) is 5.77. The molecule has 1 heterocycles. The van der Waals surface area contributed by atoms with Crippen LogP contribution in [0.1, 0.15) is 26.3 Å². The average molecular weight is 352 g/mol. The highest BCUT2D eigenvalue weighted by atomic mass is 32.2. The second-order valence-electron chi connectivity index (χ2n) is 6.21. The van der Waals surface area contributed by atoms with Crippen molar-refractivity contribution in [2.45, 2.75) is 36.9 Å². The molecular formula is C16H20N2O3S2. The highest BCUT2D eigenvalue weighted by molar-refractivity contribution is 7.94. The number of thiophene rings is 1. The van der Waals surface area contributed by atoms with Gasteiger partial charge in [0.05, 0.1) is 6.42 Å². The lowest BCUT2D eigenvalue weighted by Crippen LogP contribution is -2.41. The Morgan fingerprint density at radius 1 is 1.13 bits per heavy atom. The van der Waals surface area contributed by atoms with E-state index in [0.29, 0.717) is 5.69 Å². The Labute approximate surface area is 140 Å². The fourth-order valence-corrected chi connectivity index (χ4v) is 4.01. The molecule has 7 heteroatoms. The van der Waals surface area contributed by atoms with Crippen molar-refractivity contribution in [1.82, 2.24) is 5.32 Å². The molecule has 1 amide bonds. The third-order valence-electron chi connectivity index (χ3n) is 2.85. The van der Waals surface area contributed by atoms with E-state index in [4.69, 9.17) is 0 Å². The van der Waals surface area contributed by atoms with E-state index in [0.717, 1.165) is 16.9 Å². The Bertz CT molecular complexity index is 759. The maximum atomic E-state index is 12.1. The lowest BCUT2D eigenvalue weighted by atomic mass is 10.1. The van der Waals surface area contributed by atoms with Crippen LogP contribution in [0, 0.1) is 0 Å². The summed E-state index contributed by atoms with van der Waals surface area (Å²) in [5.74, 6) is -0.0654. The van der Waals surface area contributed by atoms with E-state index in [-0.39, 0.29) is 22.1 Å². The van der Waals surface area contributed by atoms with Crippen LogP contribution in [0.4, 0.5) is 5.69 Å². The second-order valence-corrected chi connectivity index (χ2v) is 9.07. The molecule has 1 aromatic heterocycles. The summed E-state index contributed by atoms with van der Waals surface area (Å²) in [6.07, 6.45) is 0.259. The SMILES string of the molecule is CC(C)(C)NC(=O)Cc1ccc(NS(=O)(=O)c2cccs2)cc1. The van der Waals surface area contributed by atoms with Crippen molar-refractivity contribution < 1.29 is 13.2 Å². The Morgan fingerprint density at radius 3 is 2.30 bits per heavy atom. The minimum atomic E-state index is -3.54. The van der Waals surface area contributed by atoms with Gasteiger partial charge in [-0.2, -0.15) is 0 Å². The van der Waals surface area contributed by atoms with Gasteiger partial charge in [0.25, 0.3) is 10.0 Å². The molecular weight excluding hydrogens is 332 g/mol. The lowest BCUT2D eigenvalue weighted by Gasteiger charge is -2.20. The molecule has 0 atom stereocenters. The summed E-state index contributed by atoms with van der Waals surface area (Å²) < 4.78 is 27.0. The number of sulfonamides is 1. The zero-order valence-electron chi connectivity index (χ0n) is 13.3. The standard InChI is InChI=1S/C16H20N2O3S2/c1-16(2,3)17-14(19)11-12-6-8-13(9-7-12)18-23(20,21)15-5-4-10-22-15/h4-10,18H,11H2,1-3H3,(H,17,19). The zero-order chi connectivity index (χ0) is 17.1.